The molecule has 1 rings (SSSR count). The van der Waals surface area contributed by atoms with Crippen molar-refractivity contribution in [2.24, 2.45) is 0 Å². The molecule has 0 aromatic heterocycles. The van der Waals surface area contributed by atoms with E-state index in [9.17, 15) is 14.7 Å². The van der Waals surface area contributed by atoms with Crippen LogP contribution in [0, 0.1) is 0 Å². The Labute approximate surface area is 148 Å². The molecule has 0 fully saturated rings. The minimum absolute atomic E-state index is 0.0838. The van der Waals surface area contributed by atoms with Gasteiger partial charge in [0.2, 0.25) is 0 Å². The van der Waals surface area contributed by atoms with E-state index in [1.807, 2.05) is 30.3 Å². The van der Waals surface area contributed by atoms with Crippen LogP contribution < -0.4 is 4.74 Å². The molecule has 0 saturated heterocycles. The minimum atomic E-state index is -0.877. The van der Waals surface area contributed by atoms with Crippen molar-refractivity contribution < 1.29 is 28.9 Å². The number of rotatable bonds is 12. The number of allylic oxidation sites excluding steroid dienone is 1. The molecule has 1 atom stereocenters. The molecule has 1 N–H and O–H groups in total. The molecule has 0 radical (unpaired) electrons. The maximum absolute atomic E-state index is 11.4. The molecule has 6 nitrogen and oxygen atoms in total. The highest BCUT2D eigenvalue weighted by Gasteiger charge is 2.12. The molecule has 0 aliphatic heterocycles. The zero-order chi connectivity index (χ0) is 18.5. The van der Waals surface area contributed by atoms with Gasteiger partial charge in [0.1, 0.15) is 18.0 Å². The third-order valence-corrected chi connectivity index (χ3v) is 3.45. The number of hydrogen-bond acceptors (Lipinski definition) is 6. The topological polar surface area (TPSA) is 82.1 Å². The Morgan fingerprint density at radius 2 is 1.92 bits per heavy atom. The Hall–Kier alpha value is -2.18. The molecule has 0 bridgehead atoms. The third-order valence-electron chi connectivity index (χ3n) is 3.45. The third kappa shape index (κ3) is 9.64. The molecule has 0 saturated carbocycles. The predicted octanol–water partition coefficient (Wildman–Crippen LogP) is 2.43. The van der Waals surface area contributed by atoms with Crippen molar-refractivity contribution >= 4 is 11.8 Å². The lowest BCUT2D eigenvalue weighted by Gasteiger charge is -2.05. The number of aliphatic hydroxyl groups excluding tert-OH is 1. The summed E-state index contributed by atoms with van der Waals surface area (Å²) in [4.78, 5) is 22.4. The molecule has 0 aliphatic rings. The first-order valence-electron chi connectivity index (χ1n) is 8.19. The maximum atomic E-state index is 11.4. The van der Waals surface area contributed by atoms with Crippen LogP contribution in [0.1, 0.15) is 31.2 Å². The van der Waals surface area contributed by atoms with Gasteiger partial charge in [-0.05, 0) is 30.5 Å². The molecular formula is C19H26O6. The fourth-order valence-electron chi connectivity index (χ4n) is 2.07. The first-order chi connectivity index (χ1) is 12.0. The minimum Gasteiger partial charge on any atom is -0.497 e. The van der Waals surface area contributed by atoms with Crippen LogP contribution in [-0.2, 0) is 25.7 Å². The highest BCUT2D eigenvalue weighted by atomic mass is 16.5. The second-order valence-electron chi connectivity index (χ2n) is 5.53. The van der Waals surface area contributed by atoms with Gasteiger partial charge in [-0.2, -0.15) is 0 Å². The van der Waals surface area contributed by atoms with Gasteiger partial charge >= 0.3 is 5.97 Å². The second kappa shape index (κ2) is 12.2. The normalized spacial score (nSPS) is 12.1. The fourth-order valence-corrected chi connectivity index (χ4v) is 2.07. The molecule has 1 aromatic carbocycles. The summed E-state index contributed by atoms with van der Waals surface area (Å²) in [5.74, 6) is -0.112. The summed E-state index contributed by atoms with van der Waals surface area (Å²) < 4.78 is 15.1. The van der Waals surface area contributed by atoms with Crippen molar-refractivity contribution in [3.63, 3.8) is 0 Å². The SMILES string of the molecule is COC(=O)CC(=O)CC(O)/C=C/CCCOCc1ccc(OC)cc1. The van der Waals surface area contributed by atoms with Crippen LogP contribution in [0.2, 0.25) is 0 Å². The van der Waals surface area contributed by atoms with Gasteiger partial charge in [-0.25, -0.2) is 0 Å². The summed E-state index contributed by atoms with van der Waals surface area (Å²) >= 11 is 0. The standard InChI is InChI=1S/C19H26O6/c1-23-18-9-7-15(8-10-18)14-25-11-5-3-4-6-16(20)12-17(21)13-19(22)24-2/h4,6-10,16,20H,3,5,11-14H2,1-2H3/b6-4+. The molecule has 0 spiro atoms. The molecule has 1 unspecified atom stereocenters. The van der Waals surface area contributed by atoms with Crippen molar-refractivity contribution in [2.75, 3.05) is 20.8 Å². The monoisotopic (exact) mass is 350 g/mol. The van der Waals surface area contributed by atoms with Crippen LogP contribution in [0.3, 0.4) is 0 Å². The Morgan fingerprint density at radius 1 is 1.20 bits per heavy atom. The Kier molecular flexibility index (Phi) is 10.2. The Balaban J connectivity index is 2.10. The lowest BCUT2D eigenvalue weighted by Crippen LogP contribution is -2.15. The van der Waals surface area contributed by atoms with Gasteiger partial charge in [-0.1, -0.05) is 24.3 Å². The summed E-state index contributed by atoms with van der Waals surface area (Å²) in [6, 6.07) is 7.70. The van der Waals surface area contributed by atoms with E-state index in [-0.39, 0.29) is 18.6 Å². The number of hydrogen-bond donors (Lipinski definition) is 1. The van der Waals surface area contributed by atoms with E-state index >= 15 is 0 Å². The average molecular weight is 350 g/mol. The molecule has 0 heterocycles. The second-order valence-corrected chi connectivity index (χ2v) is 5.53. The number of ketones is 1. The zero-order valence-electron chi connectivity index (χ0n) is 14.8. The van der Waals surface area contributed by atoms with Gasteiger partial charge in [0.15, 0.2) is 0 Å². The number of unbranched alkanes of at least 4 members (excludes halogenated alkanes) is 1. The van der Waals surface area contributed by atoms with E-state index in [4.69, 9.17) is 9.47 Å². The maximum Gasteiger partial charge on any atom is 0.313 e. The Bertz CT molecular complexity index is 550. The summed E-state index contributed by atoms with van der Waals surface area (Å²) in [5.41, 5.74) is 1.08. The molecule has 1 aromatic rings. The highest BCUT2D eigenvalue weighted by molar-refractivity contribution is 5.95. The van der Waals surface area contributed by atoms with Gasteiger partial charge in [0, 0.05) is 13.0 Å². The van der Waals surface area contributed by atoms with Crippen LogP contribution in [0.15, 0.2) is 36.4 Å². The number of carbonyl (C=O) groups excluding carboxylic acids is 2. The fraction of sp³-hybridized carbons (Fsp3) is 0.474. The lowest BCUT2D eigenvalue weighted by atomic mass is 10.1. The molecule has 0 aliphatic carbocycles. The lowest BCUT2D eigenvalue weighted by molar-refractivity contribution is -0.143. The molecule has 6 heteroatoms. The van der Waals surface area contributed by atoms with Crippen molar-refractivity contribution in [3.8, 4) is 5.75 Å². The van der Waals surface area contributed by atoms with Crippen LogP contribution >= 0.6 is 0 Å². The van der Waals surface area contributed by atoms with Gasteiger partial charge in [0.25, 0.3) is 0 Å². The molecule has 138 valence electrons. The van der Waals surface area contributed by atoms with E-state index in [0.717, 1.165) is 24.2 Å². The quantitative estimate of drug-likeness (QED) is 0.270. The van der Waals surface area contributed by atoms with E-state index in [1.54, 1.807) is 13.2 Å². The van der Waals surface area contributed by atoms with Crippen molar-refractivity contribution in [1.82, 2.24) is 0 Å². The average Bonchev–Trinajstić information content (AvgIpc) is 2.61. The largest absolute Gasteiger partial charge is 0.497 e. The number of methoxy groups -OCH3 is 2. The number of aliphatic hydroxyl groups is 1. The van der Waals surface area contributed by atoms with Crippen LogP contribution in [-0.4, -0.2) is 43.8 Å². The zero-order valence-corrected chi connectivity index (χ0v) is 14.8. The molecular weight excluding hydrogens is 324 g/mol. The van der Waals surface area contributed by atoms with E-state index in [2.05, 4.69) is 4.74 Å². The molecule has 25 heavy (non-hydrogen) atoms. The highest BCUT2D eigenvalue weighted by Crippen LogP contribution is 2.12. The number of carbonyl (C=O) groups is 2. The number of ether oxygens (including phenoxy) is 3. The summed E-state index contributed by atoms with van der Waals surface area (Å²) in [7, 11) is 2.85. The van der Waals surface area contributed by atoms with E-state index in [0.29, 0.717) is 13.2 Å². The number of esters is 1. The summed E-state index contributed by atoms with van der Waals surface area (Å²) in [5, 5.41) is 9.70. The van der Waals surface area contributed by atoms with Crippen LogP contribution in [0.25, 0.3) is 0 Å². The van der Waals surface area contributed by atoms with Crippen molar-refractivity contribution in [3.05, 3.63) is 42.0 Å². The predicted molar refractivity (Wildman–Crippen MR) is 93.3 cm³/mol. The van der Waals surface area contributed by atoms with Gasteiger partial charge in [0.05, 0.1) is 26.9 Å². The smallest absolute Gasteiger partial charge is 0.313 e. The Morgan fingerprint density at radius 3 is 2.56 bits per heavy atom. The number of benzene rings is 1. The van der Waals surface area contributed by atoms with Gasteiger partial charge in [-0.3, -0.25) is 9.59 Å². The molecule has 0 amide bonds. The van der Waals surface area contributed by atoms with Crippen LogP contribution in [0.5, 0.6) is 5.75 Å². The van der Waals surface area contributed by atoms with Gasteiger partial charge in [-0.15, -0.1) is 0 Å². The first kappa shape index (κ1) is 20.9. The van der Waals surface area contributed by atoms with Crippen molar-refractivity contribution in [2.45, 2.75) is 38.4 Å². The van der Waals surface area contributed by atoms with E-state index in [1.165, 1.54) is 7.11 Å². The first-order valence-corrected chi connectivity index (χ1v) is 8.19. The van der Waals surface area contributed by atoms with Crippen LogP contribution in [0.4, 0.5) is 0 Å². The summed E-state index contributed by atoms with van der Waals surface area (Å²) in [6.07, 6.45) is 3.67. The van der Waals surface area contributed by atoms with Crippen molar-refractivity contribution in [1.29, 1.82) is 0 Å². The van der Waals surface area contributed by atoms with E-state index < -0.39 is 12.1 Å². The summed E-state index contributed by atoms with van der Waals surface area (Å²) in [6.45, 7) is 1.14. The number of Topliss-reactive ketones (excluding diaryl/α,β-unsaturated/α-hetero) is 1. The van der Waals surface area contributed by atoms with Gasteiger partial charge < -0.3 is 19.3 Å².